The molecule has 0 radical (unpaired) electrons. The molecule has 0 aromatic heterocycles. The van der Waals surface area contributed by atoms with Crippen molar-refractivity contribution >= 4 is 35.7 Å². The molecule has 12 heteroatoms. The molecule has 0 heterocycles. The predicted molar refractivity (Wildman–Crippen MR) is 231 cm³/mol. The Labute approximate surface area is 360 Å². The van der Waals surface area contributed by atoms with E-state index in [9.17, 15) is 39.0 Å². The van der Waals surface area contributed by atoms with Gasteiger partial charge in [-0.1, -0.05) is 130 Å². The van der Waals surface area contributed by atoms with Gasteiger partial charge in [0.2, 0.25) is 11.8 Å². The molecular weight excluding hydrogens is 777 g/mol. The molecule has 0 fully saturated rings. The van der Waals surface area contributed by atoms with E-state index in [0.717, 1.165) is 33.4 Å². The fourth-order valence-corrected chi connectivity index (χ4v) is 6.53. The fraction of sp³-hybridized carbons (Fsp3) is 0.388. The van der Waals surface area contributed by atoms with Gasteiger partial charge in [0.15, 0.2) is 0 Å². The summed E-state index contributed by atoms with van der Waals surface area (Å²) in [6.45, 7) is 7.61. The molecule has 12 nitrogen and oxygen atoms in total. The average molecular weight is 837 g/mol. The first kappa shape index (κ1) is 50.8. The van der Waals surface area contributed by atoms with Crippen molar-refractivity contribution in [3.05, 3.63) is 120 Å². The van der Waals surface area contributed by atoms with Gasteiger partial charge in [-0.15, -0.1) is 0 Å². The SMILES string of the molecule is C.CCOC(=O)[C@H](C)C[C@@H](Cc1ccc(-c2ccccc2)cc1)NC(=O)CCC(=O)[O-].CCOC(=O)[C@H](C)C[C@@H](Cc1ccc(-c2ccccc2)cc1)NC(=O)CCC(=O)[O-]. The van der Waals surface area contributed by atoms with Crippen LogP contribution in [0.1, 0.15) is 84.8 Å². The van der Waals surface area contributed by atoms with Crippen molar-refractivity contribution in [3.63, 3.8) is 0 Å². The van der Waals surface area contributed by atoms with Gasteiger partial charge in [0.1, 0.15) is 0 Å². The zero-order chi connectivity index (χ0) is 43.9. The minimum Gasteiger partial charge on any atom is -0.550 e. The van der Waals surface area contributed by atoms with Gasteiger partial charge in [-0.25, -0.2) is 0 Å². The Balaban J connectivity index is 0.000000413. The minimum absolute atomic E-state index is 0. The molecule has 0 aliphatic heterocycles. The second kappa shape index (κ2) is 27.5. The van der Waals surface area contributed by atoms with Crippen LogP contribution in [0.15, 0.2) is 109 Å². The molecule has 328 valence electrons. The maximum absolute atomic E-state index is 12.1. The Morgan fingerprint density at radius 3 is 1.10 bits per heavy atom. The number of rotatable bonds is 22. The molecule has 4 rings (SSSR count). The van der Waals surface area contributed by atoms with Crippen molar-refractivity contribution in [2.75, 3.05) is 13.2 Å². The van der Waals surface area contributed by atoms with E-state index < -0.39 is 11.9 Å². The van der Waals surface area contributed by atoms with Crippen molar-refractivity contribution in [1.29, 1.82) is 0 Å². The van der Waals surface area contributed by atoms with Crippen LogP contribution < -0.4 is 20.8 Å². The maximum atomic E-state index is 12.1. The number of carbonyl (C=O) groups is 6. The lowest BCUT2D eigenvalue weighted by atomic mass is 9.94. The van der Waals surface area contributed by atoms with Crippen LogP contribution in [0.5, 0.6) is 0 Å². The van der Waals surface area contributed by atoms with Crippen LogP contribution in [-0.4, -0.2) is 61.0 Å². The number of carboxylic acid groups (broad SMARTS) is 2. The summed E-state index contributed by atoms with van der Waals surface area (Å²) < 4.78 is 10.1. The minimum atomic E-state index is -1.27. The van der Waals surface area contributed by atoms with E-state index in [2.05, 4.69) is 10.6 Å². The van der Waals surface area contributed by atoms with E-state index in [1.807, 2.05) is 109 Å². The van der Waals surface area contributed by atoms with E-state index >= 15 is 0 Å². The van der Waals surface area contributed by atoms with Crippen molar-refractivity contribution in [2.45, 2.75) is 98.6 Å². The molecule has 4 atom stereocenters. The number of esters is 2. The topological polar surface area (TPSA) is 191 Å². The Bertz CT molecular complexity index is 1810. The summed E-state index contributed by atoms with van der Waals surface area (Å²) in [7, 11) is 0. The molecule has 0 bridgehead atoms. The second-order valence-corrected chi connectivity index (χ2v) is 14.6. The molecule has 0 aliphatic rings. The van der Waals surface area contributed by atoms with Crippen LogP contribution in [0, 0.1) is 11.8 Å². The molecule has 61 heavy (non-hydrogen) atoms. The van der Waals surface area contributed by atoms with Crippen molar-refractivity contribution in [1.82, 2.24) is 10.6 Å². The Morgan fingerprint density at radius 2 is 0.803 bits per heavy atom. The van der Waals surface area contributed by atoms with Gasteiger partial charge >= 0.3 is 11.9 Å². The maximum Gasteiger partial charge on any atom is 0.308 e. The quantitative estimate of drug-likeness (QED) is 0.0938. The smallest absolute Gasteiger partial charge is 0.308 e. The van der Waals surface area contributed by atoms with Crippen LogP contribution in [0.3, 0.4) is 0 Å². The van der Waals surface area contributed by atoms with E-state index in [1.54, 1.807) is 27.7 Å². The normalized spacial score (nSPS) is 12.4. The van der Waals surface area contributed by atoms with Gasteiger partial charge in [-0.3, -0.25) is 19.2 Å². The standard InChI is InChI=1S/2C24H29NO5.CH4/c2*1-3-30-24(29)17(2)15-21(25-22(26)13-14-23(27)28)16-18-9-11-20(12-10-18)19-7-5-4-6-8-19;/h2*4-12,17,21H,3,13-16H2,1-2H3,(H,25,26)(H,27,28);1H4/p-2/t2*17-,21+;/m11./s1. The number of amides is 2. The van der Waals surface area contributed by atoms with Crippen molar-refractivity contribution in [3.8, 4) is 22.3 Å². The summed E-state index contributed by atoms with van der Waals surface area (Å²) in [6.07, 6.45) is 0.868. The lowest BCUT2D eigenvalue weighted by Gasteiger charge is -2.22. The molecule has 4 aromatic carbocycles. The number of ether oxygens (including phenoxy) is 2. The molecule has 0 aliphatic carbocycles. The van der Waals surface area contributed by atoms with Gasteiger partial charge in [0, 0.05) is 36.9 Å². The van der Waals surface area contributed by atoms with Gasteiger partial charge in [-0.2, -0.15) is 0 Å². The van der Waals surface area contributed by atoms with E-state index in [1.165, 1.54) is 0 Å². The number of nitrogens with one attached hydrogen (secondary N) is 2. The first-order valence-corrected chi connectivity index (χ1v) is 20.4. The number of carbonyl (C=O) groups excluding carboxylic acids is 6. The van der Waals surface area contributed by atoms with E-state index in [0.29, 0.717) is 38.9 Å². The number of benzene rings is 4. The summed E-state index contributed by atoms with van der Waals surface area (Å²) in [5, 5.41) is 26.9. The first-order chi connectivity index (χ1) is 28.8. The third-order valence-electron chi connectivity index (χ3n) is 9.58. The summed E-state index contributed by atoms with van der Waals surface area (Å²) in [4.78, 5) is 69.5. The van der Waals surface area contributed by atoms with Crippen LogP contribution >= 0.6 is 0 Å². The zero-order valence-electron chi connectivity index (χ0n) is 34.9. The Kier molecular flexibility index (Phi) is 22.9. The van der Waals surface area contributed by atoms with E-state index in [4.69, 9.17) is 9.47 Å². The largest absolute Gasteiger partial charge is 0.550 e. The molecule has 2 amide bonds. The number of carboxylic acids is 2. The molecule has 0 spiro atoms. The highest BCUT2D eigenvalue weighted by Gasteiger charge is 2.23. The number of hydrogen-bond donors (Lipinski definition) is 2. The third-order valence-corrected chi connectivity index (χ3v) is 9.58. The van der Waals surface area contributed by atoms with Crippen molar-refractivity contribution in [2.24, 2.45) is 11.8 Å². The predicted octanol–water partition coefficient (Wildman–Crippen LogP) is 5.64. The Morgan fingerprint density at radius 1 is 0.492 bits per heavy atom. The lowest BCUT2D eigenvalue weighted by Crippen LogP contribution is -2.39. The first-order valence-electron chi connectivity index (χ1n) is 20.4. The number of aliphatic carboxylic acids is 2. The Hall–Kier alpha value is -6.30. The monoisotopic (exact) mass is 836 g/mol. The van der Waals surface area contributed by atoms with Crippen LogP contribution in [0.4, 0.5) is 0 Å². The van der Waals surface area contributed by atoms with Crippen LogP contribution in [0.25, 0.3) is 22.3 Å². The second-order valence-electron chi connectivity index (χ2n) is 14.6. The molecule has 0 saturated carbocycles. The molecular formula is C49H60N2O10-2. The summed E-state index contributed by atoms with van der Waals surface area (Å²) in [6, 6.07) is 35.5. The zero-order valence-corrected chi connectivity index (χ0v) is 34.9. The fourth-order valence-electron chi connectivity index (χ4n) is 6.53. The third kappa shape index (κ3) is 19.5. The molecule has 4 aromatic rings. The lowest BCUT2D eigenvalue weighted by molar-refractivity contribution is -0.307. The summed E-state index contributed by atoms with van der Waals surface area (Å²) in [5.74, 6) is -4.68. The molecule has 0 unspecified atom stereocenters. The van der Waals surface area contributed by atoms with Crippen LogP contribution in [-0.2, 0) is 51.1 Å². The van der Waals surface area contributed by atoms with Gasteiger partial charge in [-0.05, 0) is 85.8 Å². The molecule has 2 N–H and O–H groups in total. The highest BCUT2D eigenvalue weighted by molar-refractivity contribution is 5.81. The van der Waals surface area contributed by atoms with Gasteiger partial charge in [0.05, 0.1) is 25.0 Å². The van der Waals surface area contributed by atoms with Gasteiger partial charge < -0.3 is 39.9 Å². The number of hydrogen-bond acceptors (Lipinski definition) is 10. The molecule has 0 saturated heterocycles. The van der Waals surface area contributed by atoms with E-state index in [-0.39, 0.29) is 80.8 Å². The van der Waals surface area contributed by atoms with Crippen LogP contribution in [0.2, 0.25) is 0 Å². The highest BCUT2D eigenvalue weighted by Crippen LogP contribution is 2.23. The average Bonchev–Trinajstić information content (AvgIpc) is 3.23. The van der Waals surface area contributed by atoms with Gasteiger partial charge in [0.25, 0.3) is 0 Å². The van der Waals surface area contributed by atoms with Crippen molar-refractivity contribution < 1.29 is 48.5 Å². The summed E-state index contributed by atoms with van der Waals surface area (Å²) in [5.41, 5.74) is 6.44. The summed E-state index contributed by atoms with van der Waals surface area (Å²) >= 11 is 0. The highest BCUT2D eigenvalue weighted by atomic mass is 16.5.